The van der Waals surface area contributed by atoms with E-state index >= 15 is 0 Å². The van der Waals surface area contributed by atoms with E-state index < -0.39 is 10.0 Å². The van der Waals surface area contributed by atoms with Crippen LogP contribution in [0.25, 0.3) is 6.08 Å². The summed E-state index contributed by atoms with van der Waals surface area (Å²) in [7, 11) is 0.470. The Labute approximate surface area is 150 Å². The van der Waals surface area contributed by atoms with Gasteiger partial charge in [-0.15, -0.1) is 0 Å². The van der Waals surface area contributed by atoms with Crippen LogP contribution in [0, 0.1) is 0 Å². The largest absolute Gasteiger partial charge is 0.492 e. The Morgan fingerprint density at radius 2 is 1.84 bits per heavy atom. The summed E-state index contributed by atoms with van der Waals surface area (Å²) in [5.41, 5.74) is 1.68. The minimum Gasteiger partial charge on any atom is -0.492 e. The Balaban J connectivity index is 1.90. The zero-order valence-corrected chi connectivity index (χ0v) is 15.4. The lowest BCUT2D eigenvalue weighted by atomic mass is 10.2. The first-order chi connectivity index (χ1) is 11.9. The number of rotatable bonds is 9. The molecule has 0 saturated heterocycles. The standard InChI is InChI=1S/C19H24N2O3S/c1-21(2)12-13-24-19-10-6-9-18(15-19)16-20-25(22,23)14-11-17-7-4-3-5-8-17/h3-11,14-15,20H,12-13,16H2,1-2H3/b14-11+. The number of ether oxygens (including phenoxy) is 1. The highest BCUT2D eigenvalue weighted by Crippen LogP contribution is 2.13. The van der Waals surface area contributed by atoms with Gasteiger partial charge >= 0.3 is 0 Å². The van der Waals surface area contributed by atoms with E-state index in [0.717, 1.165) is 23.4 Å². The predicted molar refractivity (Wildman–Crippen MR) is 102 cm³/mol. The lowest BCUT2D eigenvalue weighted by molar-refractivity contribution is 0.261. The summed E-state index contributed by atoms with van der Waals surface area (Å²) >= 11 is 0. The summed E-state index contributed by atoms with van der Waals surface area (Å²) in [6.45, 7) is 1.62. The van der Waals surface area contributed by atoms with E-state index in [1.807, 2.05) is 73.6 Å². The second kappa shape index (κ2) is 9.36. The molecule has 2 rings (SSSR count). The average molecular weight is 360 g/mol. The van der Waals surface area contributed by atoms with E-state index in [-0.39, 0.29) is 6.54 Å². The van der Waals surface area contributed by atoms with E-state index in [0.29, 0.717) is 6.61 Å². The monoisotopic (exact) mass is 360 g/mol. The number of sulfonamides is 1. The molecule has 0 fully saturated rings. The molecule has 0 aliphatic carbocycles. The Kier molecular flexibility index (Phi) is 7.18. The Morgan fingerprint density at radius 3 is 2.56 bits per heavy atom. The van der Waals surface area contributed by atoms with Crippen molar-refractivity contribution in [2.45, 2.75) is 6.54 Å². The highest BCUT2D eigenvalue weighted by molar-refractivity contribution is 7.92. The molecule has 5 nitrogen and oxygen atoms in total. The lowest BCUT2D eigenvalue weighted by Gasteiger charge is -2.12. The SMILES string of the molecule is CN(C)CCOc1cccc(CNS(=O)(=O)/C=C/c2ccccc2)c1. The van der Waals surface area contributed by atoms with Crippen LogP contribution in [0.1, 0.15) is 11.1 Å². The minimum absolute atomic E-state index is 0.215. The molecule has 0 aliphatic rings. The fraction of sp³-hybridized carbons (Fsp3) is 0.263. The second-order valence-electron chi connectivity index (χ2n) is 5.88. The number of likely N-dealkylation sites (N-methyl/N-ethyl adjacent to an activating group) is 1. The molecule has 0 atom stereocenters. The van der Waals surface area contributed by atoms with Crippen LogP contribution in [-0.2, 0) is 16.6 Å². The van der Waals surface area contributed by atoms with Gasteiger partial charge < -0.3 is 9.64 Å². The van der Waals surface area contributed by atoms with E-state index in [1.54, 1.807) is 6.08 Å². The van der Waals surface area contributed by atoms with Gasteiger partial charge in [-0.3, -0.25) is 0 Å². The van der Waals surface area contributed by atoms with Gasteiger partial charge in [-0.1, -0.05) is 42.5 Å². The smallest absolute Gasteiger partial charge is 0.234 e. The van der Waals surface area contributed by atoms with Crippen molar-refractivity contribution in [2.24, 2.45) is 0 Å². The predicted octanol–water partition coefficient (Wildman–Crippen LogP) is 2.72. The van der Waals surface area contributed by atoms with Crippen molar-refractivity contribution in [3.05, 3.63) is 71.1 Å². The van der Waals surface area contributed by atoms with E-state index in [4.69, 9.17) is 4.74 Å². The molecule has 0 heterocycles. The van der Waals surface area contributed by atoms with E-state index in [9.17, 15) is 8.42 Å². The second-order valence-corrected chi connectivity index (χ2v) is 7.53. The van der Waals surface area contributed by atoms with Gasteiger partial charge in [-0.05, 0) is 43.4 Å². The van der Waals surface area contributed by atoms with Crippen molar-refractivity contribution in [3.8, 4) is 5.75 Å². The van der Waals surface area contributed by atoms with Crippen molar-refractivity contribution in [3.63, 3.8) is 0 Å². The normalized spacial score (nSPS) is 12.0. The third kappa shape index (κ3) is 7.51. The highest BCUT2D eigenvalue weighted by atomic mass is 32.2. The third-order valence-electron chi connectivity index (χ3n) is 3.42. The first-order valence-corrected chi connectivity index (χ1v) is 9.58. The molecule has 0 radical (unpaired) electrons. The van der Waals surface area contributed by atoms with E-state index in [2.05, 4.69) is 4.72 Å². The summed E-state index contributed by atoms with van der Waals surface area (Å²) in [6.07, 6.45) is 1.57. The Morgan fingerprint density at radius 1 is 1.08 bits per heavy atom. The van der Waals surface area contributed by atoms with Crippen LogP contribution < -0.4 is 9.46 Å². The molecular weight excluding hydrogens is 336 g/mol. The molecule has 6 heteroatoms. The molecule has 0 unspecified atom stereocenters. The summed E-state index contributed by atoms with van der Waals surface area (Å²) in [4.78, 5) is 2.04. The summed E-state index contributed by atoms with van der Waals surface area (Å²) < 4.78 is 32.4. The Hall–Kier alpha value is -2.15. The number of nitrogens with one attached hydrogen (secondary N) is 1. The quantitative estimate of drug-likeness (QED) is 0.747. The maximum atomic E-state index is 12.1. The van der Waals surface area contributed by atoms with Gasteiger partial charge in [0.2, 0.25) is 10.0 Å². The minimum atomic E-state index is -3.50. The molecule has 134 valence electrons. The van der Waals surface area contributed by atoms with Gasteiger partial charge in [-0.2, -0.15) is 0 Å². The molecule has 2 aromatic carbocycles. The third-order valence-corrected chi connectivity index (χ3v) is 4.46. The van der Waals surface area contributed by atoms with Gasteiger partial charge in [0.05, 0.1) is 0 Å². The lowest BCUT2D eigenvalue weighted by Crippen LogP contribution is -2.21. The average Bonchev–Trinajstić information content (AvgIpc) is 2.60. The first-order valence-electron chi connectivity index (χ1n) is 8.04. The summed E-state index contributed by atoms with van der Waals surface area (Å²) in [5.74, 6) is 0.735. The topological polar surface area (TPSA) is 58.6 Å². The van der Waals surface area contributed by atoms with Crippen LogP contribution in [0.4, 0.5) is 0 Å². The maximum Gasteiger partial charge on any atom is 0.234 e. The van der Waals surface area contributed by atoms with Gasteiger partial charge in [0.1, 0.15) is 12.4 Å². The zero-order valence-electron chi connectivity index (χ0n) is 14.6. The summed E-state index contributed by atoms with van der Waals surface area (Å²) in [6, 6.07) is 16.7. The van der Waals surface area contributed by atoms with Crippen molar-refractivity contribution >= 4 is 16.1 Å². The summed E-state index contributed by atoms with van der Waals surface area (Å²) in [5, 5.41) is 1.18. The molecule has 0 aliphatic heterocycles. The number of benzene rings is 2. The molecule has 25 heavy (non-hydrogen) atoms. The fourth-order valence-electron chi connectivity index (χ4n) is 2.06. The number of nitrogens with zero attached hydrogens (tertiary/aromatic N) is 1. The van der Waals surface area contributed by atoms with Crippen LogP contribution in [0.15, 0.2) is 60.0 Å². The van der Waals surface area contributed by atoms with Crippen LogP contribution in [0.2, 0.25) is 0 Å². The molecular formula is C19H24N2O3S. The molecule has 0 amide bonds. The van der Waals surface area contributed by atoms with Crippen molar-refractivity contribution in [2.75, 3.05) is 27.2 Å². The molecule has 0 aromatic heterocycles. The Bertz CT molecular complexity index is 787. The van der Waals surface area contributed by atoms with Crippen molar-refractivity contribution in [1.82, 2.24) is 9.62 Å². The molecule has 0 saturated carbocycles. The van der Waals surface area contributed by atoms with Crippen molar-refractivity contribution < 1.29 is 13.2 Å². The number of hydrogen-bond donors (Lipinski definition) is 1. The van der Waals surface area contributed by atoms with Gasteiger partial charge in [0, 0.05) is 18.5 Å². The highest BCUT2D eigenvalue weighted by Gasteiger charge is 2.06. The zero-order chi connectivity index (χ0) is 18.1. The van der Waals surface area contributed by atoms with Crippen LogP contribution in [0.3, 0.4) is 0 Å². The van der Waals surface area contributed by atoms with Gasteiger partial charge in [-0.25, -0.2) is 13.1 Å². The maximum absolute atomic E-state index is 12.1. The van der Waals surface area contributed by atoms with Crippen LogP contribution in [0.5, 0.6) is 5.75 Å². The van der Waals surface area contributed by atoms with Crippen molar-refractivity contribution in [1.29, 1.82) is 0 Å². The first kappa shape index (κ1) is 19.2. The van der Waals surface area contributed by atoms with Crippen LogP contribution in [-0.4, -0.2) is 40.6 Å². The molecule has 0 spiro atoms. The number of hydrogen-bond acceptors (Lipinski definition) is 4. The molecule has 1 N–H and O–H groups in total. The molecule has 0 bridgehead atoms. The van der Waals surface area contributed by atoms with Gasteiger partial charge in [0.15, 0.2) is 0 Å². The fourth-order valence-corrected chi connectivity index (χ4v) is 2.86. The van der Waals surface area contributed by atoms with Gasteiger partial charge in [0.25, 0.3) is 0 Å². The molecule has 2 aromatic rings. The van der Waals surface area contributed by atoms with E-state index in [1.165, 1.54) is 5.41 Å². The van der Waals surface area contributed by atoms with Crippen LogP contribution >= 0.6 is 0 Å².